The zero-order valence-electron chi connectivity index (χ0n) is 11.5. The minimum absolute atomic E-state index is 0.130. The molecule has 2 amide bonds. The summed E-state index contributed by atoms with van der Waals surface area (Å²) in [6, 6.07) is 8.49. The summed E-state index contributed by atoms with van der Waals surface area (Å²) in [6.45, 7) is 0. The van der Waals surface area contributed by atoms with Crippen LogP contribution in [0.25, 0.3) is 0 Å². The third kappa shape index (κ3) is 3.15. The quantitative estimate of drug-likeness (QED) is 0.549. The summed E-state index contributed by atoms with van der Waals surface area (Å²) in [5.41, 5.74) is 5.98. The Bertz CT molecular complexity index is 826. The molecule has 8 nitrogen and oxygen atoms in total. The summed E-state index contributed by atoms with van der Waals surface area (Å²) in [5, 5.41) is 1.65. The number of amides is 2. The zero-order chi connectivity index (χ0) is 16.3. The maximum atomic E-state index is 11.9. The fourth-order valence-electron chi connectivity index (χ4n) is 1.62. The van der Waals surface area contributed by atoms with Gasteiger partial charge in [-0.15, -0.1) is 0 Å². The topological polar surface area (TPSA) is 132 Å². The number of nitrogens with one attached hydrogen (secondary N) is 2. The summed E-state index contributed by atoms with van der Waals surface area (Å²) in [7, 11) is -2.59. The second-order valence-electron chi connectivity index (χ2n) is 4.20. The summed E-state index contributed by atoms with van der Waals surface area (Å²) in [4.78, 5) is 23.8. The predicted octanol–water partition coefficient (Wildman–Crippen LogP) is 0.340. The average molecular weight is 323 g/mol. The molecule has 0 spiro atoms. The number of hydrogen-bond donors (Lipinski definition) is 3. The summed E-state index contributed by atoms with van der Waals surface area (Å²) in [6.07, 6.45) is 0. The van der Waals surface area contributed by atoms with Crippen molar-refractivity contribution in [1.82, 2.24) is 10.0 Å². The SMILES string of the molecule is CNS(=O)(=O)c1ccc(C(=O)NC(=O)c2ccccc2N)o1. The van der Waals surface area contributed by atoms with Crippen molar-refractivity contribution < 1.29 is 22.4 Å². The highest BCUT2D eigenvalue weighted by Crippen LogP contribution is 2.14. The Balaban J connectivity index is 2.17. The minimum Gasteiger partial charge on any atom is -0.438 e. The number of furan rings is 1. The number of anilines is 1. The maximum Gasteiger partial charge on any atom is 0.293 e. The van der Waals surface area contributed by atoms with Crippen molar-refractivity contribution >= 4 is 27.5 Å². The van der Waals surface area contributed by atoms with Crippen molar-refractivity contribution in [3.05, 3.63) is 47.7 Å². The van der Waals surface area contributed by atoms with Crippen LogP contribution < -0.4 is 15.8 Å². The fraction of sp³-hybridized carbons (Fsp3) is 0.0769. The van der Waals surface area contributed by atoms with E-state index in [1.54, 1.807) is 12.1 Å². The number of carbonyl (C=O) groups is 2. The van der Waals surface area contributed by atoms with Crippen LogP contribution in [-0.4, -0.2) is 27.3 Å². The first-order valence-electron chi connectivity index (χ1n) is 6.08. The van der Waals surface area contributed by atoms with E-state index in [1.165, 1.54) is 19.2 Å². The molecule has 0 saturated heterocycles. The van der Waals surface area contributed by atoms with Gasteiger partial charge >= 0.3 is 0 Å². The zero-order valence-corrected chi connectivity index (χ0v) is 12.3. The Morgan fingerprint density at radius 3 is 2.41 bits per heavy atom. The molecule has 0 atom stereocenters. The normalized spacial score (nSPS) is 11.1. The molecule has 116 valence electrons. The van der Waals surface area contributed by atoms with Crippen LogP contribution in [0.2, 0.25) is 0 Å². The second kappa shape index (κ2) is 6.00. The Morgan fingerprint density at radius 2 is 1.77 bits per heavy atom. The lowest BCUT2D eigenvalue weighted by Crippen LogP contribution is -2.30. The van der Waals surface area contributed by atoms with E-state index in [0.29, 0.717) is 0 Å². The van der Waals surface area contributed by atoms with E-state index in [9.17, 15) is 18.0 Å². The predicted molar refractivity (Wildman–Crippen MR) is 77.6 cm³/mol. The molecule has 4 N–H and O–H groups in total. The summed E-state index contributed by atoms with van der Waals surface area (Å²) < 4.78 is 30.0. The van der Waals surface area contributed by atoms with Gasteiger partial charge in [0.1, 0.15) is 0 Å². The number of nitrogens with two attached hydrogens (primary N) is 1. The lowest BCUT2D eigenvalue weighted by Gasteiger charge is -2.04. The van der Waals surface area contributed by atoms with E-state index in [-0.39, 0.29) is 17.0 Å². The van der Waals surface area contributed by atoms with Crippen LogP contribution in [0.3, 0.4) is 0 Å². The Morgan fingerprint density at radius 1 is 1.09 bits per heavy atom. The van der Waals surface area contributed by atoms with Gasteiger partial charge in [0.05, 0.1) is 5.56 Å². The lowest BCUT2D eigenvalue weighted by molar-refractivity contribution is 0.0830. The van der Waals surface area contributed by atoms with E-state index in [1.807, 2.05) is 4.72 Å². The van der Waals surface area contributed by atoms with Gasteiger partial charge in [0.15, 0.2) is 5.76 Å². The third-order valence-electron chi connectivity index (χ3n) is 2.77. The molecule has 0 aliphatic heterocycles. The van der Waals surface area contributed by atoms with Gasteiger partial charge in [0.2, 0.25) is 5.09 Å². The molecule has 0 fully saturated rings. The van der Waals surface area contributed by atoms with Crippen LogP contribution in [0.15, 0.2) is 45.9 Å². The molecule has 0 unspecified atom stereocenters. The first-order valence-corrected chi connectivity index (χ1v) is 7.57. The smallest absolute Gasteiger partial charge is 0.293 e. The Hall–Kier alpha value is -2.65. The number of rotatable bonds is 4. The molecular weight excluding hydrogens is 310 g/mol. The van der Waals surface area contributed by atoms with Crippen molar-refractivity contribution in [2.75, 3.05) is 12.8 Å². The van der Waals surface area contributed by atoms with Gasteiger partial charge in [-0.25, -0.2) is 13.1 Å². The molecule has 0 saturated carbocycles. The number of benzene rings is 1. The van der Waals surface area contributed by atoms with Gasteiger partial charge in [-0.3, -0.25) is 14.9 Å². The summed E-state index contributed by atoms with van der Waals surface area (Å²) >= 11 is 0. The highest BCUT2D eigenvalue weighted by atomic mass is 32.2. The summed E-state index contributed by atoms with van der Waals surface area (Å²) in [5.74, 6) is -1.89. The second-order valence-corrected chi connectivity index (χ2v) is 6.01. The number of hydrogen-bond acceptors (Lipinski definition) is 6. The lowest BCUT2D eigenvalue weighted by atomic mass is 10.1. The highest BCUT2D eigenvalue weighted by Gasteiger charge is 2.21. The maximum absolute atomic E-state index is 11.9. The standard InChI is InChI=1S/C13H13N3O5S/c1-15-22(19,20)11-7-6-10(21-11)13(18)16-12(17)8-4-2-3-5-9(8)14/h2-7,15H,14H2,1H3,(H,16,17,18). The minimum atomic E-state index is -3.80. The molecule has 0 aliphatic rings. The van der Waals surface area contributed by atoms with Crippen LogP contribution >= 0.6 is 0 Å². The molecule has 2 rings (SSSR count). The number of para-hydroxylation sites is 1. The van der Waals surface area contributed by atoms with Crippen LogP contribution in [0.1, 0.15) is 20.9 Å². The number of carbonyl (C=O) groups excluding carboxylic acids is 2. The molecular formula is C13H13N3O5S. The molecule has 9 heteroatoms. The van der Waals surface area contributed by atoms with Crippen molar-refractivity contribution in [2.45, 2.75) is 5.09 Å². The van der Waals surface area contributed by atoms with E-state index in [4.69, 9.17) is 10.2 Å². The first-order chi connectivity index (χ1) is 10.3. The van der Waals surface area contributed by atoms with Crippen LogP contribution in [0.5, 0.6) is 0 Å². The number of sulfonamides is 1. The Kier molecular flexibility index (Phi) is 4.29. The molecule has 0 aliphatic carbocycles. The Labute approximate surface area is 126 Å². The van der Waals surface area contributed by atoms with Gasteiger partial charge in [-0.05, 0) is 31.3 Å². The van der Waals surface area contributed by atoms with Crippen molar-refractivity contribution in [3.8, 4) is 0 Å². The van der Waals surface area contributed by atoms with Crippen LogP contribution in [0, 0.1) is 0 Å². The van der Waals surface area contributed by atoms with Gasteiger partial charge in [0, 0.05) is 5.69 Å². The molecule has 22 heavy (non-hydrogen) atoms. The van der Waals surface area contributed by atoms with Crippen LogP contribution in [0.4, 0.5) is 5.69 Å². The van der Waals surface area contributed by atoms with E-state index in [2.05, 4.69) is 5.32 Å². The van der Waals surface area contributed by atoms with E-state index < -0.39 is 26.9 Å². The van der Waals surface area contributed by atoms with Gasteiger partial charge in [0.25, 0.3) is 21.8 Å². The third-order valence-corrected chi connectivity index (χ3v) is 4.06. The largest absolute Gasteiger partial charge is 0.438 e. The van der Waals surface area contributed by atoms with Crippen molar-refractivity contribution in [2.24, 2.45) is 0 Å². The molecule has 0 radical (unpaired) electrons. The number of nitrogen functional groups attached to an aromatic ring is 1. The molecule has 2 aromatic rings. The fourth-order valence-corrected chi connectivity index (χ4v) is 2.27. The van der Waals surface area contributed by atoms with E-state index in [0.717, 1.165) is 12.1 Å². The van der Waals surface area contributed by atoms with Gasteiger partial charge in [-0.1, -0.05) is 12.1 Å². The monoisotopic (exact) mass is 323 g/mol. The van der Waals surface area contributed by atoms with Crippen LogP contribution in [-0.2, 0) is 10.0 Å². The van der Waals surface area contributed by atoms with E-state index >= 15 is 0 Å². The molecule has 1 heterocycles. The first kappa shape index (κ1) is 15.7. The average Bonchev–Trinajstić information content (AvgIpc) is 2.98. The van der Waals surface area contributed by atoms with Crippen molar-refractivity contribution in [1.29, 1.82) is 0 Å². The van der Waals surface area contributed by atoms with Crippen molar-refractivity contribution in [3.63, 3.8) is 0 Å². The molecule has 0 bridgehead atoms. The molecule has 1 aromatic carbocycles. The highest BCUT2D eigenvalue weighted by molar-refractivity contribution is 7.89. The van der Waals surface area contributed by atoms with Gasteiger partial charge < -0.3 is 10.2 Å². The molecule has 1 aromatic heterocycles. The number of imide groups is 1. The van der Waals surface area contributed by atoms with Gasteiger partial charge in [-0.2, -0.15) is 0 Å².